The lowest BCUT2D eigenvalue weighted by molar-refractivity contribution is 0.0935. The Morgan fingerprint density at radius 3 is 2.93 bits per heavy atom. The van der Waals surface area contributed by atoms with E-state index < -0.39 is 0 Å². The Hall–Kier alpha value is -0.490. The zero-order valence-electron chi connectivity index (χ0n) is 8.03. The van der Waals surface area contributed by atoms with Crippen LogP contribution < -0.4 is 5.32 Å². The highest BCUT2D eigenvalue weighted by Crippen LogP contribution is 2.08. The summed E-state index contributed by atoms with van der Waals surface area (Å²) in [4.78, 5) is 12.1. The van der Waals surface area contributed by atoms with Crippen LogP contribution >= 0.6 is 27.5 Å². The van der Waals surface area contributed by atoms with Gasteiger partial charge >= 0.3 is 0 Å². The highest BCUT2D eigenvalue weighted by molar-refractivity contribution is 9.09. The summed E-state index contributed by atoms with van der Waals surface area (Å²) < 4.78 is 3.64. The van der Waals surface area contributed by atoms with Crippen molar-refractivity contribution in [2.45, 2.75) is 19.9 Å². The molecule has 1 aromatic rings. The first kappa shape index (κ1) is 11.6. The summed E-state index contributed by atoms with van der Waals surface area (Å²) in [7, 11) is 0. The molecule has 6 heteroatoms. The normalized spacial score (nSPS) is 14.8. The number of carbonyl (C=O) groups excluding carboxylic acids is 1. The molecular weight excluding hydrogens is 266 g/mol. The molecule has 1 aromatic heterocycles. The van der Waals surface area contributed by atoms with Gasteiger partial charge in [0.05, 0.1) is 6.20 Å². The largest absolute Gasteiger partial charge is 0.348 e. The average molecular weight is 278 g/mol. The summed E-state index contributed by atoms with van der Waals surface area (Å²) in [5.74, 6) is 0.306. The molecule has 0 radical (unpaired) electrons. The second-order valence-corrected chi connectivity index (χ2v) is 4.61. The molecule has 78 valence electrons. The third-order valence-corrected chi connectivity index (χ3v) is 3.73. The van der Waals surface area contributed by atoms with Gasteiger partial charge in [0.25, 0.3) is 5.91 Å². The minimum Gasteiger partial charge on any atom is -0.348 e. The van der Waals surface area contributed by atoms with E-state index >= 15 is 0 Å². The molecule has 0 aliphatic heterocycles. The molecule has 0 aliphatic carbocycles. The van der Waals surface area contributed by atoms with Gasteiger partial charge in [-0.2, -0.15) is 0 Å². The van der Waals surface area contributed by atoms with E-state index in [0.29, 0.717) is 10.8 Å². The maximum Gasteiger partial charge on any atom is 0.264 e. The van der Waals surface area contributed by atoms with Crippen LogP contribution in [0.25, 0.3) is 0 Å². The topological polar surface area (TPSA) is 54.9 Å². The quantitative estimate of drug-likeness (QED) is 0.853. The molecule has 1 N–H and O–H groups in total. The second kappa shape index (κ2) is 5.41. The van der Waals surface area contributed by atoms with Gasteiger partial charge in [-0.25, -0.2) is 0 Å². The summed E-state index contributed by atoms with van der Waals surface area (Å²) >= 11 is 4.49. The fourth-order valence-electron chi connectivity index (χ4n) is 0.821. The molecular formula is C8H12BrN3OS. The molecule has 0 saturated heterocycles. The molecule has 0 saturated carbocycles. The van der Waals surface area contributed by atoms with Gasteiger partial charge in [0.15, 0.2) is 0 Å². The average Bonchev–Trinajstić information content (AvgIpc) is 2.69. The molecule has 4 nitrogen and oxygen atoms in total. The van der Waals surface area contributed by atoms with E-state index in [1.807, 2.05) is 6.92 Å². The van der Waals surface area contributed by atoms with E-state index in [0.717, 1.165) is 16.9 Å². The molecule has 1 heterocycles. The van der Waals surface area contributed by atoms with Crippen LogP contribution in [0.2, 0.25) is 0 Å². The van der Waals surface area contributed by atoms with Crippen LogP contribution in [0.3, 0.4) is 0 Å². The van der Waals surface area contributed by atoms with Crippen LogP contribution in [0.15, 0.2) is 6.20 Å². The van der Waals surface area contributed by atoms with Crippen LogP contribution in [0, 0.1) is 5.92 Å². The summed E-state index contributed by atoms with van der Waals surface area (Å²) in [6.45, 7) is 4.06. The Kier molecular flexibility index (Phi) is 4.47. The number of nitrogens with zero attached hydrogens (tertiary/aromatic N) is 2. The predicted molar refractivity (Wildman–Crippen MR) is 59.8 cm³/mol. The van der Waals surface area contributed by atoms with Crippen molar-refractivity contribution in [3.8, 4) is 0 Å². The van der Waals surface area contributed by atoms with Gasteiger partial charge in [-0.1, -0.05) is 27.3 Å². The standard InChI is InChI=1S/C8H12BrN3OS/c1-5(3-9)6(2)11-8(13)7-4-10-12-14-7/h4-6H,3H2,1-2H3,(H,11,13). The molecule has 0 fully saturated rings. The van der Waals surface area contributed by atoms with Crippen molar-refractivity contribution >= 4 is 33.4 Å². The third-order valence-electron chi connectivity index (χ3n) is 2.04. The maximum absolute atomic E-state index is 11.5. The number of alkyl halides is 1. The molecule has 1 rings (SSSR count). The van der Waals surface area contributed by atoms with Gasteiger partial charge < -0.3 is 5.32 Å². The number of aromatic nitrogens is 2. The lowest BCUT2D eigenvalue weighted by atomic mass is 10.1. The fourth-order valence-corrected chi connectivity index (χ4v) is 1.80. The minimum atomic E-state index is -0.0969. The van der Waals surface area contributed by atoms with Crippen molar-refractivity contribution in [2.24, 2.45) is 5.92 Å². The van der Waals surface area contributed by atoms with E-state index in [2.05, 4.69) is 37.8 Å². The van der Waals surface area contributed by atoms with Crippen molar-refractivity contribution in [3.63, 3.8) is 0 Å². The summed E-state index contributed by atoms with van der Waals surface area (Å²) in [6, 6.07) is 0.143. The van der Waals surface area contributed by atoms with Gasteiger partial charge in [0.1, 0.15) is 4.88 Å². The third kappa shape index (κ3) is 3.02. The van der Waals surface area contributed by atoms with Crippen molar-refractivity contribution in [1.29, 1.82) is 0 Å². The van der Waals surface area contributed by atoms with Crippen LogP contribution in [-0.2, 0) is 0 Å². The Labute approximate surface area is 95.4 Å². The van der Waals surface area contributed by atoms with Crippen molar-refractivity contribution in [3.05, 3.63) is 11.1 Å². The van der Waals surface area contributed by atoms with Crippen LogP contribution in [0.1, 0.15) is 23.5 Å². The van der Waals surface area contributed by atoms with Crippen LogP contribution in [-0.4, -0.2) is 26.9 Å². The van der Waals surface area contributed by atoms with Gasteiger partial charge in [-0.15, -0.1) is 5.10 Å². The molecule has 2 unspecified atom stereocenters. The smallest absolute Gasteiger partial charge is 0.264 e. The van der Waals surface area contributed by atoms with Gasteiger partial charge in [-0.3, -0.25) is 4.79 Å². The Balaban J connectivity index is 2.49. The van der Waals surface area contributed by atoms with Gasteiger partial charge in [-0.05, 0) is 24.4 Å². The first-order valence-corrected chi connectivity index (χ1v) is 6.18. The molecule has 2 atom stereocenters. The minimum absolute atomic E-state index is 0.0969. The molecule has 0 aliphatic rings. The molecule has 1 amide bonds. The van der Waals surface area contributed by atoms with Crippen LogP contribution in [0.5, 0.6) is 0 Å². The highest BCUT2D eigenvalue weighted by Gasteiger charge is 2.15. The van der Waals surface area contributed by atoms with Gasteiger partial charge in [0.2, 0.25) is 0 Å². The lowest BCUT2D eigenvalue weighted by Crippen LogP contribution is -2.37. The zero-order valence-corrected chi connectivity index (χ0v) is 10.4. The summed E-state index contributed by atoms with van der Waals surface area (Å²) in [5, 5.41) is 7.38. The Morgan fingerprint density at radius 1 is 1.71 bits per heavy atom. The zero-order chi connectivity index (χ0) is 10.6. The van der Waals surface area contributed by atoms with E-state index in [1.165, 1.54) is 6.20 Å². The SMILES string of the molecule is CC(CBr)C(C)NC(=O)c1cnns1. The number of amides is 1. The number of halogens is 1. The monoisotopic (exact) mass is 277 g/mol. The molecule has 0 spiro atoms. The number of rotatable bonds is 4. The van der Waals surface area contributed by atoms with Crippen LogP contribution in [0.4, 0.5) is 0 Å². The first-order chi connectivity index (χ1) is 6.65. The molecule has 14 heavy (non-hydrogen) atoms. The maximum atomic E-state index is 11.5. The Morgan fingerprint density at radius 2 is 2.43 bits per heavy atom. The molecule has 0 aromatic carbocycles. The van der Waals surface area contributed by atoms with Crippen molar-refractivity contribution in [2.75, 3.05) is 5.33 Å². The lowest BCUT2D eigenvalue weighted by Gasteiger charge is -2.18. The Bertz CT molecular complexity index is 291. The van der Waals surface area contributed by atoms with E-state index in [9.17, 15) is 4.79 Å². The number of carbonyl (C=O) groups is 1. The highest BCUT2D eigenvalue weighted by atomic mass is 79.9. The van der Waals surface area contributed by atoms with Crippen molar-refractivity contribution < 1.29 is 4.79 Å². The second-order valence-electron chi connectivity index (χ2n) is 3.18. The number of hydrogen-bond acceptors (Lipinski definition) is 4. The van der Waals surface area contributed by atoms with E-state index in [4.69, 9.17) is 0 Å². The number of hydrogen-bond donors (Lipinski definition) is 1. The number of nitrogens with one attached hydrogen (secondary N) is 1. The summed E-state index contributed by atoms with van der Waals surface area (Å²) in [6.07, 6.45) is 1.48. The fraction of sp³-hybridized carbons (Fsp3) is 0.625. The summed E-state index contributed by atoms with van der Waals surface area (Å²) in [5.41, 5.74) is 0. The van der Waals surface area contributed by atoms with E-state index in [-0.39, 0.29) is 11.9 Å². The van der Waals surface area contributed by atoms with Crippen molar-refractivity contribution in [1.82, 2.24) is 14.9 Å². The van der Waals surface area contributed by atoms with Gasteiger partial charge in [0, 0.05) is 11.4 Å². The first-order valence-electron chi connectivity index (χ1n) is 4.29. The molecule has 0 bridgehead atoms. The predicted octanol–water partition coefficient (Wildman–Crippen LogP) is 1.69. The van der Waals surface area contributed by atoms with E-state index in [1.54, 1.807) is 0 Å².